The molecule has 0 N–H and O–H groups in total. The van der Waals surface area contributed by atoms with Crippen molar-refractivity contribution in [1.82, 2.24) is 9.88 Å². The summed E-state index contributed by atoms with van der Waals surface area (Å²) < 4.78 is 22.5. The van der Waals surface area contributed by atoms with E-state index in [2.05, 4.69) is 20.9 Å². The number of likely N-dealkylation sites (tertiary alicyclic amines) is 1. The average molecular weight is 449 g/mol. The Bertz CT molecular complexity index is 856. The average Bonchev–Trinajstić information content (AvgIpc) is 2.68. The van der Waals surface area contributed by atoms with E-state index in [1.807, 2.05) is 12.1 Å². The molecule has 1 amide bonds. The number of hydrogen-bond donors (Lipinski definition) is 0. The Morgan fingerprint density at radius 1 is 1.18 bits per heavy atom. The second-order valence-electron chi connectivity index (χ2n) is 6.07. The molecule has 0 saturated carbocycles. The number of pyridine rings is 1. The van der Waals surface area contributed by atoms with E-state index in [-0.39, 0.29) is 12.0 Å². The highest BCUT2D eigenvalue weighted by Gasteiger charge is 2.31. The molecule has 0 atom stereocenters. The van der Waals surface area contributed by atoms with Crippen LogP contribution in [0.5, 0.6) is 23.1 Å². The highest BCUT2D eigenvalue weighted by atomic mass is 79.9. The van der Waals surface area contributed by atoms with Gasteiger partial charge in [-0.25, -0.2) is 4.98 Å². The number of ether oxygens (including phenoxy) is 4. The summed E-state index contributed by atoms with van der Waals surface area (Å²) in [7, 11) is 4.65. The molecule has 148 valence electrons. The number of benzene rings is 1. The Kier molecular flexibility index (Phi) is 6.41. The number of carbonyl (C=O) groups is 1. The standard InChI is InChI=1S/C20H21BrN2O5/c1-25-16-9-13(10-17(26-2)19(16)27-3)6-7-18(24)23-11-14(12-23)28-20-15(21)5-4-8-22-20/h4-10,14H,11-12H2,1-3H3/b7-6+. The largest absolute Gasteiger partial charge is 0.493 e. The van der Waals surface area contributed by atoms with Gasteiger partial charge in [-0.1, -0.05) is 0 Å². The van der Waals surface area contributed by atoms with E-state index in [0.29, 0.717) is 36.2 Å². The summed E-state index contributed by atoms with van der Waals surface area (Å²) in [6, 6.07) is 7.25. The Morgan fingerprint density at radius 3 is 2.43 bits per heavy atom. The number of nitrogens with zero attached hydrogens (tertiary/aromatic N) is 2. The predicted molar refractivity (Wildman–Crippen MR) is 108 cm³/mol. The first kappa shape index (κ1) is 20.0. The number of carbonyl (C=O) groups excluding carboxylic acids is 1. The summed E-state index contributed by atoms with van der Waals surface area (Å²) in [5, 5.41) is 0. The van der Waals surface area contributed by atoms with Gasteiger partial charge in [0.05, 0.1) is 38.9 Å². The van der Waals surface area contributed by atoms with Crippen molar-refractivity contribution in [2.75, 3.05) is 34.4 Å². The number of rotatable bonds is 7. The van der Waals surface area contributed by atoms with E-state index in [1.54, 1.807) is 50.6 Å². The van der Waals surface area contributed by atoms with Crippen LogP contribution in [0.2, 0.25) is 0 Å². The van der Waals surface area contributed by atoms with Crippen molar-refractivity contribution in [3.05, 3.63) is 46.6 Å². The smallest absolute Gasteiger partial charge is 0.246 e. The minimum absolute atomic E-state index is 0.0651. The van der Waals surface area contributed by atoms with Crippen LogP contribution in [0, 0.1) is 0 Å². The van der Waals surface area contributed by atoms with Crippen LogP contribution >= 0.6 is 15.9 Å². The molecule has 1 fully saturated rings. The topological polar surface area (TPSA) is 70.1 Å². The van der Waals surface area contributed by atoms with Crippen molar-refractivity contribution in [2.45, 2.75) is 6.10 Å². The Balaban J connectivity index is 1.60. The molecule has 1 saturated heterocycles. The van der Waals surface area contributed by atoms with E-state index >= 15 is 0 Å². The summed E-state index contributed by atoms with van der Waals surface area (Å²) in [5.74, 6) is 2.03. The van der Waals surface area contributed by atoms with Crippen molar-refractivity contribution >= 4 is 27.9 Å². The zero-order valence-corrected chi connectivity index (χ0v) is 17.4. The third kappa shape index (κ3) is 4.39. The lowest BCUT2D eigenvalue weighted by atomic mass is 10.1. The fraction of sp³-hybridized carbons (Fsp3) is 0.300. The number of amides is 1. The maximum atomic E-state index is 12.4. The molecular weight excluding hydrogens is 428 g/mol. The van der Waals surface area contributed by atoms with Crippen LogP contribution in [-0.2, 0) is 4.79 Å². The lowest BCUT2D eigenvalue weighted by Crippen LogP contribution is -2.55. The number of aromatic nitrogens is 1. The van der Waals surface area contributed by atoms with Gasteiger partial charge in [-0.3, -0.25) is 4.79 Å². The van der Waals surface area contributed by atoms with Gasteiger partial charge < -0.3 is 23.8 Å². The first-order valence-electron chi connectivity index (χ1n) is 8.60. The molecule has 1 aromatic heterocycles. The van der Waals surface area contributed by atoms with Crippen LogP contribution < -0.4 is 18.9 Å². The van der Waals surface area contributed by atoms with Gasteiger partial charge >= 0.3 is 0 Å². The lowest BCUT2D eigenvalue weighted by Gasteiger charge is -2.38. The van der Waals surface area contributed by atoms with Crippen LogP contribution in [0.3, 0.4) is 0 Å². The summed E-state index contributed by atoms with van der Waals surface area (Å²) in [6.45, 7) is 1.03. The Hall–Kier alpha value is -2.74. The zero-order chi connectivity index (χ0) is 20.1. The molecule has 0 bridgehead atoms. The first-order valence-corrected chi connectivity index (χ1v) is 9.39. The van der Waals surface area contributed by atoms with Crippen LogP contribution in [0.1, 0.15) is 5.56 Å². The van der Waals surface area contributed by atoms with E-state index < -0.39 is 0 Å². The van der Waals surface area contributed by atoms with Gasteiger partial charge in [0, 0.05) is 12.3 Å². The maximum absolute atomic E-state index is 12.4. The molecule has 7 nitrogen and oxygen atoms in total. The second kappa shape index (κ2) is 8.97. The molecule has 1 aliphatic rings. The summed E-state index contributed by atoms with van der Waals surface area (Å²) >= 11 is 3.40. The lowest BCUT2D eigenvalue weighted by molar-refractivity contribution is -0.134. The zero-order valence-electron chi connectivity index (χ0n) is 15.8. The van der Waals surface area contributed by atoms with Crippen molar-refractivity contribution < 1.29 is 23.7 Å². The van der Waals surface area contributed by atoms with Gasteiger partial charge in [0.1, 0.15) is 6.10 Å². The minimum atomic E-state index is -0.0892. The molecule has 1 aromatic carbocycles. The summed E-state index contributed by atoms with van der Waals surface area (Å²) in [5.41, 5.74) is 0.772. The molecule has 0 spiro atoms. The third-order valence-corrected chi connectivity index (χ3v) is 4.87. The molecule has 28 heavy (non-hydrogen) atoms. The van der Waals surface area contributed by atoms with E-state index in [4.69, 9.17) is 18.9 Å². The van der Waals surface area contributed by atoms with Gasteiger partial charge in [0.2, 0.25) is 17.5 Å². The molecule has 0 aliphatic carbocycles. The fourth-order valence-corrected chi connectivity index (χ4v) is 3.13. The molecule has 3 rings (SSSR count). The number of halogens is 1. The van der Waals surface area contributed by atoms with Gasteiger partial charge in [-0.05, 0) is 51.8 Å². The monoisotopic (exact) mass is 448 g/mol. The van der Waals surface area contributed by atoms with E-state index in [9.17, 15) is 4.79 Å². The van der Waals surface area contributed by atoms with Crippen LogP contribution in [-0.4, -0.2) is 56.3 Å². The highest BCUT2D eigenvalue weighted by molar-refractivity contribution is 9.10. The van der Waals surface area contributed by atoms with Crippen molar-refractivity contribution in [1.29, 1.82) is 0 Å². The van der Waals surface area contributed by atoms with Gasteiger partial charge in [0.15, 0.2) is 11.5 Å². The van der Waals surface area contributed by atoms with Crippen LogP contribution in [0.15, 0.2) is 41.0 Å². The minimum Gasteiger partial charge on any atom is -0.493 e. The quantitative estimate of drug-likeness (QED) is 0.605. The molecule has 2 aromatic rings. The van der Waals surface area contributed by atoms with Gasteiger partial charge in [0.25, 0.3) is 0 Å². The van der Waals surface area contributed by atoms with Crippen LogP contribution in [0.25, 0.3) is 6.08 Å². The van der Waals surface area contributed by atoms with Gasteiger partial charge in [-0.2, -0.15) is 0 Å². The first-order chi connectivity index (χ1) is 13.5. The SMILES string of the molecule is COc1cc(/C=C/C(=O)N2CC(Oc3ncccc3Br)C2)cc(OC)c1OC. The molecule has 0 radical (unpaired) electrons. The number of methoxy groups -OCH3 is 3. The molecule has 2 heterocycles. The Labute approximate surface area is 172 Å². The third-order valence-electron chi connectivity index (χ3n) is 4.27. The second-order valence-corrected chi connectivity index (χ2v) is 6.92. The highest BCUT2D eigenvalue weighted by Crippen LogP contribution is 2.38. The maximum Gasteiger partial charge on any atom is 0.246 e. The number of hydrogen-bond acceptors (Lipinski definition) is 6. The normalized spacial score (nSPS) is 13.9. The van der Waals surface area contributed by atoms with Gasteiger partial charge in [-0.15, -0.1) is 0 Å². The summed E-state index contributed by atoms with van der Waals surface area (Å²) in [6.07, 6.45) is 4.84. The molecule has 0 unspecified atom stereocenters. The van der Waals surface area contributed by atoms with Crippen LogP contribution in [0.4, 0.5) is 0 Å². The van der Waals surface area contributed by atoms with Crippen molar-refractivity contribution in [3.63, 3.8) is 0 Å². The molecular formula is C20H21BrN2O5. The van der Waals surface area contributed by atoms with Crippen molar-refractivity contribution in [3.8, 4) is 23.1 Å². The fourth-order valence-electron chi connectivity index (χ4n) is 2.78. The van der Waals surface area contributed by atoms with E-state index in [1.165, 1.54) is 6.08 Å². The summed E-state index contributed by atoms with van der Waals surface area (Å²) in [4.78, 5) is 18.2. The van der Waals surface area contributed by atoms with E-state index in [0.717, 1.165) is 10.0 Å². The molecule has 8 heteroatoms. The van der Waals surface area contributed by atoms with Crippen molar-refractivity contribution in [2.24, 2.45) is 0 Å². The Morgan fingerprint density at radius 2 is 1.86 bits per heavy atom. The molecule has 1 aliphatic heterocycles. The predicted octanol–water partition coefficient (Wildman–Crippen LogP) is 3.17.